The molecule has 0 amide bonds. The van der Waals surface area contributed by atoms with E-state index in [1.165, 1.54) is 0 Å². The minimum Gasteiger partial charge on any atom is -0.496 e. The molecule has 0 aliphatic carbocycles. The zero-order chi connectivity index (χ0) is 15.4. The molecule has 0 aliphatic rings. The van der Waals surface area contributed by atoms with Crippen LogP contribution in [0.1, 0.15) is 32.4 Å². The summed E-state index contributed by atoms with van der Waals surface area (Å²) in [5, 5.41) is 3.87. The Morgan fingerprint density at radius 1 is 1.24 bits per heavy atom. The Bertz CT molecular complexity index is 629. The summed E-state index contributed by atoms with van der Waals surface area (Å²) in [4.78, 5) is 9.22. The van der Waals surface area contributed by atoms with Crippen molar-refractivity contribution in [2.45, 2.75) is 26.7 Å². The molecule has 5 heteroatoms. The summed E-state index contributed by atoms with van der Waals surface area (Å²) in [5.74, 6) is 2.46. The number of nitrogens with zero attached hydrogens (tertiary/aromatic N) is 2. The van der Waals surface area contributed by atoms with Crippen molar-refractivity contribution in [3.05, 3.63) is 35.0 Å². The van der Waals surface area contributed by atoms with Gasteiger partial charge in [0.15, 0.2) is 5.82 Å². The number of ether oxygens (including phenoxy) is 1. The summed E-state index contributed by atoms with van der Waals surface area (Å²) in [6.45, 7) is 7.08. The third-order valence-corrected chi connectivity index (χ3v) is 3.33. The van der Waals surface area contributed by atoms with Crippen LogP contribution in [0.4, 0.5) is 5.82 Å². The summed E-state index contributed by atoms with van der Waals surface area (Å²) >= 11 is 6.01. The Kier molecular flexibility index (Phi) is 5.02. The molecular weight excluding hydrogens is 286 g/mol. The van der Waals surface area contributed by atoms with Crippen LogP contribution in [0.3, 0.4) is 0 Å². The molecule has 1 aromatic heterocycles. The first-order chi connectivity index (χ1) is 10.0. The number of halogens is 1. The van der Waals surface area contributed by atoms with Gasteiger partial charge >= 0.3 is 0 Å². The van der Waals surface area contributed by atoms with E-state index in [-0.39, 0.29) is 0 Å². The number of hydrogen-bond acceptors (Lipinski definition) is 4. The normalized spacial score (nSPS) is 10.8. The number of aromatic nitrogens is 2. The molecule has 0 radical (unpaired) electrons. The standard InChI is InChI=1S/C16H20ClN3O/c1-5-18-15-9-13(10(2)3)19-16(20-15)12-7-6-11(17)8-14(12)21-4/h6-10H,5H2,1-4H3,(H,18,19,20). The lowest BCUT2D eigenvalue weighted by atomic mass is 10.1. The van der Waals surface area contributed by atoms with Gasteiger partial charge in [0, 0.05) is 23.3 Å². The van der Waals surface area contributed by atoms with Crippen molar-refractivity contribution in [1.82, 2.24) is 9.97 Å². The van der Waals surface area contributed by atoms with Gasteiger partial charge in [0.25, 0.3) is 0 Å². The first-order valence-electron chi connectivity index (χ1n) is 7.02. The molecule has 0 aliphatic heterocycles. The molecule has 21 heavy (non-hydrogen) atoms. The lowest BCUT2D eigenvalue weighted by molar-refractivity contribution is 0.416. The Hall–Kier alpha value is -1.81. The SMILES string of the molecule is CCNc1cc(C(C)C)nc(-c2ccc(Cl)cc2OC)n1. The Balaban J connectivity index is 2.57. The highest BCUT2D eigenvalue weighted by atomic mass is 35.5. The summed E-state index contributed by atoms with van der Waals surface area (Å²) in [6.07, 6.45) is 0. The molecule has 0 fully saturated rings. The highest BCUT2D eigenvalue weighted by molar-refractivity contribution is 6.30. The summed E-state index contributed by atoms with van der Waals surface area (Å²) < 4.78 is 5.40. The first kappa shape index (κ1) is 15.6. The largest absolute Gasteiger partial charge is 0.496 e. The van der Waals surface area contributed by atoms with Gasteiger partial charge in [-0.3, -0.25) is 0 Å². The monoisotopic (exact) mass is 305 g/mol. The number of anilines is 1. The predicted octanol–water partition coefficient (Wildman–Crippen LogP) is 4.36. The van der Waals surface area contributed by atoms with Gasteiger partial charge < -0.3 is 10.1 Å². The fraction of sp³-hybridized carbons (Fsp3) is 0.375. The highest BCUT2D eigenvalue weighted by Gasteiger charge is 2.13. The number of benzene rings is 1. The van der Waals surface area contributed by atoms with E-state index in [0.717, 1.165) is 23.6 Å². The molecule has 0 saturated heterocycles. The van der Waals surface area contributed by atoms with E-state index < -0.39 is 0 Å². The van der Waals surface area contributed by atoms with Crippen LogP contribution in [0.25, 0.3) is 11.4 Å². The van der Waals surface area contributed by atoms with Crippen LogP contribution >= 0.6 is 11.6 Å². The molecule has 0 unspecified atom stereocenters. The molecule has 4 nitrogen and oxygen atoms in total. The molecule has 0 bridgehead atoms. The number of hydrogen-bond donors (Lipinski definition) is 1. The lowest BCUT2D eigenvalue weighted by Crippen LogP contribution is -2.05. The van der Waals surface area contributed by atoms with Crippen molar-refractivity contribution in [1.29, 1.82) is 0 Å². The van der Waals surface area contributed by atoms with Crippen LogP contribution in [0.2, 0.25) is 5.02 Å². The summed E-state index contributed by atoms with van der Waals surface area (Å²) in [7, 11) is 1.62. The summed E-state index contributed by atoms with van der Waals surface area (Å²) in [5.41, 5.74) is 1.83. The topological polar surface area (TPSA) is 47.0 Å². The molecule has 1 heterocycles. The maximum Gasteiger partial charge on any atom is 0.165 e. The Morgan fingerprint density at radius 2 is 2.00 bits per heavy atom. The van der Waals surface area contributed by atoms with Crippen molar-refractivity contribution in [2.75, 3.05) is 19.0 Å². The zero-order valence-corrected chi connectivity index (χ0v) is 13.5. The van der Waals surface area contributed by atoms with E-state index in [9.17, 15) is 0 Å². The van der Waals surface area contributed by atoms with E-state index in [1.54, 1.807) is 13.2 Å². The number of rotatable bonds is 5. The second kappa shape index (κ2) is 6.76. The average Bonchev–Trinajstić information content (AvgIpc) is 2.47. The molecule has 2 rings (SSSR count). The molecule has 0 spiro atoms. The lowest BCUT2D eigenvalue weighted by Gasteiger charge is -2.13. The van der Waals surface area contributed by atoms with E-state index in [2.05, 4.69) is 29.1 Å². The quantitative estimate of drug-likeness (QED) is 0.891. The van der Waals surface area contributed by atoms with Gasteiger partial charge in [0.05, 0.1) is 12.7 Å². The minimum atomic E-state index is 0.322. The highest BCUT2D eigenvalue weighted by Crippen LogP contribution is 2.31. The fourth-order valence-corrected chi connectivity index (χ4v) is 2.17. The zero-order valence-electron chi connectivity index (χ0n) is 12.8. The second-order valence-electron chi connectivity index (χ2n) is 5.03. The third kappa shape index (κ3) is 3.64. The van der Waals surface area contributed by atoms with E-state index in [0.29, 0.717) is 22.5 Å². The van der Waals surface area contributed by atoms with Gasteiger partial charge in [0.1, 0.15) is 11.6 Å². The molecule has 0 saturated carbocycles. The maximum absolute atomic E-state index is 6.01. The molecular formula is C16H20ClN3O. The maximum atomic E-state index is 6.01. The fourth-order valence-electron chi connectivity index (χ4n) is 2.00. The Morgan fingerprint density at radius 3 is 2.62 bits per heavy atom. The minimum absolute atomic E-state index is 0.322. The van der Waals surface area contributed by atoms with Gasteiger partial charge in [-0.05, 0) is 31.0 Å². The molecule has 112 valence electrons. The van der Waals surface area contributed by atoms with Gasteiger partial charge in [-0.2, -0.15) is 0 Å². The van der Waals surface area contributed by atoms with Crippen LogP contribution in [0.5, 0.6) is 5.75 Å². The predicted molar refractivity (Wildman–Crippen MR) is 87.3 cm³/mol. The van der Waals surface area contributed by atoms with Crippen LogP contribution in [0.15, 0.2) is 24.3 Å². The van der Waals surface area contributed by atoms with Gasteiger partial charge in [-0.1, -0.05) is 25.4 Å². The van der Waals surface area contributed by atoms with E-state index >= 15 is 0 Å². The van der Waals surface area contributed by atoms with Crippen LogP contribution < -0.4 is 10.1 Å². The van der Waals surface area contributed by atoms with Gasteiger partial charge in [-0.25, -0.2) is 9.97 Å². The van der Waals surface area contributed by atoms with Gasteiger partial charge in [-0.15, -0.1) is 0 Å². The smallest absolute Gasteiger partial charge is 0.165 e. The second-order valence-corrected chi connectivity index (χ2v) is 5.47. The van der Waals surface area contributed by atoms with E-state index in [1.807, 2.05) is 25.1 Å². The first-order valence-corrected chi connectivity index (χ1v) is 7.39. The molecule has 1 aromatic carbocycles. The van der Waals surface area contributed by atoms with Gasteiger partial charge in [0.2, 0.25) is 0 Å². The van der Waals surface area contributed by atoms with E-state index in [4.69, 9.17) is 16.3 Å². The van der Waals surface area contributed by atoms with Crippen LogP contribution in [-0.2, 0) is 0 Å². The molecule has 2 aromatic rings. The van der Waals surface area contributed by atoms with Crippen molar-refractivity contribution in [3.63, 3.8) is 0 Å². The van der Waals surface area contributed by atoms with Crippen molar-refractivity contribution >= 4 is 17.4 Å². The third-order valence-electron chi connectivity index (χ3n) is 3.10. The summed E-state index contributed by atoms with van der Waals surface area (Å²) in [6, 6.07) is 7.46. The Labute approximate surface area is 130 Å². The average molecular weight is 306 g/mol. The molecule has 0 atom stereocenters. The number of methoxy groups -OCH3 is 1. The molecule has 1 N–H and O–H groups in total. The van der Waals surface area contributed by atoms with Crippen molar-refractivity contribution in [2.24, 2.45) is 0 Å². The van der Waals surface area contributed by atoms with Crippen molar-refractivity contribution < 1.29 is 4.74 Å². The van der Waals surface area contributed by atoms with Crippen molar-refractivity contribution in [3.8, 4) is 17.1 Å². The number of nitrogens with one attached hydrogen (secondary N) is 1. The van der Waals surface area contributed by atoms with Crippen LogP contribution in [0, 0.1) is 0 Å². The van der Waals surface area contributed by atoms with Crippen LogP contribution in [-0.4, -0.2) is 23.6 Å².